The van der Waals surface area contributed by atoms with Gasteiger partial charge in [0.15, 0.2) is 12.4 Å². The van der Waals surface area contributed by atoms with E-state index in [1.165, 1.54) is 0 Å². The van der Waals surface area contributed by atoms with Crippen LogP contribution in [0.5, 0.6) is 0 Å². The number of nitrogens with zero attached hydrogens (tertiary/aromatic N) is 1. The van der Waals surface area contributed by atoms with Crippen LogP contribution in [0.25, 0.3) is 0 Å². The molecule has 1 aliphatic heterocycles. The summed E-state index contributed by atoms with van der Waals surface area (Å²) in [6, 6.07) is 1.81. The molecule has 1 saturated heterocycles. The van der Waals surface area contributed by atoms with Crippen LogP contribution in [-0.2, 0) is 9.47 Å². The fourth-order valence-corrected chi connectivity index (χ4v) is 1.57. The number of rotatable bonds is 4. The third-order valence-corrected chi connectivity index (χ3v) is 2.68. The second-order valence-electron chi connectivity index (χ2n) is 4.19. The van der Waals surface area contributed by atoms with Crippen molar-refractivity contribution in [1.82, 2.24) is 0 Å². The molecule has 1 fully saturated rings. The van der Waals surface area contributed by atoms with Gasteiger partial charge < -0.3 is 29.9 Å². The first-order valence-corrected chi connectivity index (χ1v) is 5.43. The van der Waals surface area contributed by atoms with Gasteiger partial charge in [0.2, 0.25) is 0 Å². The van der Waals surface area contributed by atoms with Crippen LogP contribution in [0.1, 0.15) is 6.92 Å². The lowest BCUT2D eigenvalue weighted by Crippen LogP contribution is -2.59. The molecule has 7 heteroatoms. The van der Waals surface area contributed by atoms with Crippen molar-refractivity contribution in [2.75, 3.05) is 6.61 Å². The van der Waals surface area contributed by atoms with Crippen molar-refractivity contribution in [3.63, 3.8) is 0 Å². The van der Waals surface area contributed by atoms with Gasteiger partial charge in [-0.2, -0.15) is 5.26 Å². The van der Waals surface area contributed by atoms with Crippen molar-refractivity contribution in [2.45, 2.75) is 43.7 Å². The zero-order valence-corrected chi connectivity index (χ0v) is 9.93. The van der Waals surface area contributed by atoms with E-state index in [1.807, 2.05) is 6.07 Å². The van der Waals surface area contributed by atoms with Gasteiger partial charge in [0.1, 0.15) is 24.4 Å². The summed E-state index contributed by atoms with van der Waals surface area (Å²) < 4.78 is 10.2. The fourth-order valence-electron chi connectivity index (χ4n) is 1.57. The smallest absolute Gasteiger partial charge is 0.188 e. The second kappa shape index (κ2) is 6.24. The van der Waals surface area contributed by atoms with Crippen LogP contribution in [0.3, 0.4) is 0 Å². The predicted molar refractivity (Wildman–Crippen MR) is 59.1 cm³/mol. The van der Waals surface area contributed by atoms with Gasteiger partial charge in [-0.3, -0.25) is 0 Å². The number of hydrogen-bond donors (Lipinski definition) is 4. The van der Waals surface area contributed by atoms with Crippen LogP contribution in [0.4, 0.5) is 0 Å². The molecule has 0 aliphatic carbocycles. The Morgan fingerprint density at radius 3 is 2.44 bits per heavy atom. The molecule has 18 heavy (non-hydrogen) atoms. The van der Waals surface area contributed by atoms with E-state index >= 15 is 0 Å². The summed E-state index contributed by atoms with van der Waals surface area (Å²) in [5, 5.41) is 46.5. The molecule has 4 N–H and O–H groups in total. The number of ether oxygens (including phenoxy) is 2. The highest BCUT2D eigenvalue weighted by molar-refractivity contribution is 5.10. The van der Waals surface area contributed by atoms with Crippen LogP contribution in [0.15, 0.2) is 12.2 Å². The number of aliphatic hydroxyl groups excluding tert-OH is 4. The molecule has 1 rings (SSSR count). The van der Waals surface area contributed by atoms with Crippen LogP contribution in [0.2, 0.25) is 0 Å². The average molecular weight is 259 g/mol. The maximum atomic E-state index is 9.67. The number of aliphatic hydroxyl groups is 4. The van der Waals surface area contributed by atoms with Crippen LogP contribution < -0.4 is 0 Å². The van der Waals surface area contributed by atoms with E-state index in [1.54, 1.807) is 6.92 Å². The Kier molecular flexibility index (Phi) is 5.22. The van der Waals surface area contributed by atoms with Crippen LogP contribution in [-0.4, -0.2) is 63.8 Å². The van der Waals surface area contributed by atoms with E-state index in [-0.39, 0.29) is 0 Å². The maximum Gasteiger partial charge on any atom is 0.188 e. The van der Waals surface area contributed by atoms with E-state index in [0.29, 0.717) is 5.57 Å². The summed E-state index contributed by atoms with van der Waals surface area (Å²) >= 11 is 0. The van der Waals surface area contributed by atoms with Crippen molar-refractivity contribution in [3.05, 3.63) is 12.2 Å². The van der Waals surface area contributed by atoms with Crippen molar-refractivity contribution >= 4 is 0 Å². The van der Waals surface area contributed by atoms with Gasteiger partial charge in [-0.05, 0) is 12.5 Å². The Morgan fingerprint density at radius 2 is 2.00 bits per heavy atom. The summed E-state index contributed by atoms with van der Waals surface area (Å²) in [5.74, 6) is 0. The molecular formula is C11H17NO6. The van der Waals surface area contributed by atoms with Crippen molar-refractivity contribution in [1.29, 1.82) is 5.26 Å². The molecule has 102 valence electrons. The SMILES string of the molecule is C=C(C)[C@@H](C#N)O[C@@H]1O[C@H](CO)[C@@H](O)[C@H](O)[C@H]1O. The molecule has 1 aliphatic rings. The number of hydrogen-bond acceptors (Lipinski definition) is 7. The summed E-state index contributed by atoms with van der Waals surface area (Å²) in [6.45, 7) is 4.56. The Morgan fingerprint density at radius 1 is 1.39 bits per heavy atom. The van der Waals surface area contributed by atoms with E-state index < -0.39 is 43.4 Å². The van der Waals surface area contributed by atoms with Gasteiger partial charge in [-0.15, -0.1) is 0 Å². The Labute approximate surface area is 104 Å². The van der Waals surface area contributed by atoms with Crippen LogP contribution in [0, 0.1) is 11.3 Å². The maximum absolute atomic E-state index is 9.67. The first kappa shape index (κ1) is 15.0. The summed E-state index contributed by atoms with van der Waals surface area (Å²) in [7, 11) is 0. The first-order valence-electron chi connectivity index (χ1n) is 5.43. The number of nitriles is 1. The van der Waals surface area contributed by atoms with Gasteiger partial charge in [-0.1, -0.05) is 6.58 Å². The lowest BCUT2D eigenvalue weighted by molar-refractivity contribution is -0.304. The minimum absolute atomic E-state index is 0.412. The predicted octanol–water partition coefficient (Wildman–Crippen LogP) is -1.73. The molecule has 0 radical (unpaired) electrons. The largest absolute Gasteiger partial charge is 0.394 e. The monoisotopic (exact) mass is 259 g/mol. The molecule has 0 unspecified atom stereocenters. The molecule has 0 bridgehead atoms. The van der Waals surface area contributed by atoms with Crippen LogP contribution >= 0.6 is 0 Å². The molecule has 0 spiro atoms. The third-order valence-electron chi connectivity index (χ3n) is 2.68. The van der Waals surface area contributed by atoms with Crippen molar-refractivity contribution in [3.8, 4) is 6.07 Å². The van der Waals surface area contributed by atoms with E-state index in [4.69, 9.17) is 19.8 Å². The lowest BCUT2D eigenvalue weighted by atomic mass is 9.99. The highest BCUT2D eigenvalue weighted by Crippen LogP contribution is 2.23. The van der Waals surface area contributed by atoms with Gasteiger partial charge >= 0.3 is 0 Å². The minimum atomic E-state index is -1.52. The lowest BCUT2D eigenvalue weighted by Gasteiger charge is -2.40. The molecule has 6 atom stereocenters. The molecular weight excluding hydrogens is 242 g/mol. The van der Waals surface area contributed by atoms with E-state index in [9.17, 15) is 15.3 Å². The highest BCUT2D eigenvalue weighted by Gasteiger charge is 2.44. The summed E-state index contributed by atoms with van der Waals surface area (Å²) in [6.07, 6.45) is -7.87. The molecule has 0 saturated carbocycles. The van der Waals surface area contributed by atoms with Gasteiger partial charge in [-0.25, -0.2) is 0 Å². The molecule has 0 amide bonds. The Bertz CT molecular complexity index is 339. The molecule has 1 heterocycles. The van der Waals surface area contributed by atoms with Gasteiger partial charge in [0, 0.05) is 0 Å². The van der Waals surface area contributed by atoms with E-state index in [0.717, 1.165) is 0 Å². The topological polar surface area (TPSA) is 123 Å². The molecule has 7 nitrogen and oxygen atoms in total. The zero-order chi connectivity index (χ0) is 13.9. The fraction of sp³-hybridized carbons (Fsp3) is 0.727. The zero-order valence-electron chi connectivity index (χ0n) is 9.93. The second-order valence-corrected chi connectivity index (χ2v) is 4.19. The standard InChI is InChI=1S/C11H17NO6/c1-5(2)6(3-12)17-11-10(16)9(15)8(14)7(4-13)18-11/h6-11,13-16H,1,4H2,2H3/t6-,7-,8-,9+,10-,11-/m1/s1. The Balaban J connectivity index is 2.76. The quantitative estimate of drug-likeness (QED) is 0.442. The highest BCUT2D eigenvalue weighted by atomic mass is 16.7. The summed E-state index contributed by atoms with van der Waals surface area (Å²) in [4.78, 5) is 0. The normalized spacial score (nSPS) is 37.9. The van der Waals surface area contributed by atoms with Crippen molar-refractivity contribution in [2.24, 2.45) is 0 Å². The van der Waals surface area contributed by atoms with Gasteiger partial charge in [0.05, 0.1) is 12.7 Å². The average Bonchev–Trinajstić information content (AvgIpc) is 2.35. The van der Waals surface area contributed by atoms with Crippen molar-refractivity contribution < 1.29 is 29.9 Å². The van der Waals surface area contributed by atoms with E-state index in [2.05, 4.69) is 6.58 Å². The molecule has 0 aromatic rings. The summed E-state index contributed by atoms with van der Waals surface area (Å²) in [5.41, 5.74) is 0.412. The third kappa shape index (κ3) is 3.05. The first-order chi connectivity index (χ1) is 8.42. The molecule has 0 aromatic carbocycles. The van der Waals surface area contributed by atoms with Gasteiger partial charge in [0.25, 0.3) is 0 Å². The molecule has 0 aromatic heterocycles. The minimum Gasteiger partial charge on any atom is -0.394 e. The Hall–Kier alpha value is -1.01.